The second kappa shape index (κ2) is 5.19. The molecule has 0 aliphatic carbocycles. The third-order valence-electron chi connectivity index (χ3n) is 2.80. The summed E-state index contributed by atoms with van der Waals surface area (Å²) in [4.78, 5) is 9.97. The van der Waals surface area contributed by atoms with Gasteiger partial charge in [0.15, 0.2) is 0 Å². The van der Waals surface area contributed by atoms with Crippen LogP contribution < -0.4 is 0 Å². The van der Waals surface area contributed by atoms with Gasteiger partial charge in [-0.3, -0.25) is 0 Å². The van der Waals surface area contributed by atoms with Crippen LogP contribution in [0.1, 0.15) is 22.8 Å². The van der Waals surface area contributed by atoms with Gasteiger partial charge in [0, 0.05) is 0 Å². The van der Waals surface area contributed by atoms with E-state index >= 15 is 0 Å². The van der Waals surface area contributed by atoms with Gasteiger partial charge in [0.2, 0.25) is 0 Å². The second-order valence-electron chi connectivity index (χ2n) is 4.59. The lowest BCUT2D eigenvalue weighted by atomic mass is 10.0. The summed E-state index contributed by atoms with van der Waals surface area (Å²) in [5.41, 5.74) is 2.93. The van der Waals surface area contributed by atoms with E-state index in [0.29, 0.717) is 0 Å². The lowest BCUT2D eigenvalue weighted by Gasteiger charge is -2.11. The second-order valence-corrected chi connectivity index (χ2v) is 4.59. The van der Waals surface area contributed by atoms with Crippen LogP contribution in [-0.4, -0.2) is 19.8 Å². The Kier molecular flexibility index (Phi) is 3.62. The van der Waals surface area contributed by atoms with Crippen LogP contribution in [0.15, 0.2) is 30.5 Å². The Morgan fingerprint density at radius 2 is 2.00 bits per heavy atom. The van der Waals surface area contributed by atoms with Crippen molar-refractivity contribution in [2.24, 2.45) is 0 Å². The predicted octanol–water partition coefficient (Wildman–Crippen LogP) is 2.14. The molecule has 0 saturated heterocycles. The van der Waals surface area contributed by atoms with Gasteiger partial charge in [-0.1, -0.05) is 29.3 Å². The van der Waals surface area contributed by atoms with Gasteiger partial charge < -0.3 is 15.2 Å². The predicted molar refractivity (Wildman–Crippen MR) is 69.8 cm³/mol. The van der Waals surface area contributed by atoms with Crippen molar-refractivity contribution >= 4 is 5.82 Å². The highest BCUT2D eigenvalue weighted by Crippen LogP contribution is 2.19. The van der Waals surface area contributed by atoms with Crippen LogP contribution in [0.25, 0.3) is 0 Å². The standard InChI is InChI=1S/C13H15N3O3/c1-9-5-10(2)7-11(6-9)12(17)8-15-4-3-13(14-15)16(18)19/h3-7,12,17H,8H2,1-2H3. The molecule has 0 aliphatic rings. The van der Waals surface area contributed by atoms with Gasteiger partial charge in [0.1, 0.15) is 6.10 Å². The molecule has 2 aromatic rings. The average molecular weight is 261 g/mol. The summed E-state index contributed by atoms with van der Waals surface area (Å²) in [5.74, 6) is -0.215. The van der Waals surface area contributed by atoms with E-state index in [2.05, 4.69) is 5.10 Å². The van der Waals surface area contributed by atoms with Gasteiger partial charge >= 0.3 is 5.82 Å². The van der Waals surface area contributed by atoms with E-state index in [9.17, 15) is 15.2 Å². The normalized spacial score (nSPS) is 12.4. The number of aliphatic hydroxyl groups excluding tert-OH is 1. The van der Waals surface area contributed by atoms with E-state index in [1.165, 1.54) is 16.9 Å². The molecule has 0 saturated carbocycles. The van der Waals surface area contributed by atoms with Crippen LogP contribution in [0, 0.1) is 24.0 Å². The fourth-order valence-corrected chi connectivity index (χ4v) is 2.03. The lowest BCUT2D eigenvalue weighted by Crippen LogP contribution is -2.10. The minimum Gasteiger partial charge on any atom is -0.386 e. The molecule has 1 unspecified atom stereocenters. The third-order valence-corrected chi connectivity index (χ3v) is 2.80. The molecule has 100 valence electrons. The molecule has 2 rings (SSSR count). The fourth-order valence-electron chi connectivity index (χ4n) is 2.03. The molecule has 1 N–H and O–H groups in total. The molecule has 0 fully saturated rings. The van der Waals surface area contributed by atoms with Gasteiger partial charge in [0.25, 0.3) is 0 Å². The highest BCUT2D eigenvalue weighted by molar-refractivity contribution is 5.30. The van der Waals surface area contributed by atoms with Crippen molar-refractivity contribution in [2.45, 2.75) is 26.5 Å². The number of hydrogen-bond donors (Lipinski definition) is 1. The highest BCUT2D eigenvalue weighted by Gasteiger charge is 2.15. The quantitative estimate of drug-likeness (QED) is 0.675. The SMILES string of the molecule is Cc1cc(C)cc(C(O)Cn2ccc([N+](=O)[O-])n2)c1. The molecule has 6 nitrogen and oxygen atoms in total. The summed E-state index contributed by atoms with van der Waals surface area (Å²) in [5, 5.41) is 24.4. The first-order valence-corrected chi connectivity index (χ1v) is 5.90. The van der Waals surface area contributed by atoms with Gasteiger partial charge in [-0.15, -0.1) is 0 Å². The Morgan fingerprint density at radius 1 is 1.37 bits per heavy atom. The van der Waals surface area contributed by atoms with E-state index in [4.69, 9.17) is 0 Å². The molecule has 1 aromatic heterocycles. The Bertz CT molecular complexity index is 587. The summed E-state index contributed by atoms with van der Waals surface area (Å²) >= 11 is 0. The van der Waals surface area contributed by atoms with Crippen molar-refractivity contribution in [3.8, 4) is 0 Å². The molecule has 0 aliphatic heterocycles. The Balaban J connectivity index is 2.15. The molecule has 0 amide bonds. The number of nitro groups is 1. The van der Waals surface area contributed by atoms with E-state index in [1.807, 2.05) is 32.0 Å². The Hall–Kier alpha value is -2.21. The van der Waals surface area contributed by atoms with Gasteiger partial charge in [0.05, 0.1) is 23.9 Å². The maximum atomic E-state index is 10.5. The molecular formula is C13H15N3O3. The summed E-state index contributed by atoms with van der Waals surface area (Å²) in [6.07, 6.45) is 0.752. The number of benzene rings is 1. The average Bonchev–Trinajstić information content (AvgIpc) is 2.76. The molecule has 19 heavy (non-hydrogen) atoms. The number of aromatic nitrogens is 2. The van der Waals surface area contributed by atoms with Crippen molar-refractivity contribution in [1.82, 2.24) is 9.78 Å². The minimum atomic E-state index is -0.738. The van der Waals surface area contributed by atoms with E-state index in [-0.39, 0.29) is 12.4 Å². The molecule has 0 radical (unpaired) electrons. The first-order chi connectivity index (χ1) is 8.95. The molecule has 0 bridgehead atoms. The maximum absolute atomic E-state index is 10.5. The van der Waals surface area contributed by atoms with Crippen molar-refractivity contribution in [3.63, 3.8) is 0 Å². The van der Waals surface area contributed by atoms with Crippen molar-refractivity contribution in [3.05, 3.63) is 57.3 Å². The first-order valence-electron chi connectivity index (χ1n) is 5.90. The van der Waals surface area contributed by atoms with Gasteiger partial charge in [-0.2, -0.15) is 4.68 Å². The first kappa shape index (κ1) is 13.2. The summed E-state index contributed by atoms with van der Waals surface area (Å²) in [6, 6.07) is 7.13. The number of aryl methyl sites for hydroxylation is 2. The molecule has 6 heteroatoms. The largest absolute Gasteiger partial charge is 0.389 e. The van der Waals surface area contributed by atoms with Crippen molar-refractivity contribution < 1.29 is 10.0 Å². The third kappa shape index (κ3) is 3.17. The lowest BCUT2D eigenvalue weighted by molar-refractivity contribution is -0.389. The van der Waals surface area contributed by atoms with E-state index in [1.54, 1.807) is 0 Å². The molecule has 0 spiro atoms. The molecule has 1 aromatic carbocycles. The topological polar surface area (TPSA) is 81.2 Å². The van der Waals surface area contributed by atoms with E-state index in [0.717, 1.165) is 16.7 Å². The van der Waals surface area contributed by atoms with Crippen molar-refractivity contribution in [2.75, 3.05) is 0 Å². The van der Waals surface area contributed by atoms with Crippen LogP contribution in [-0.2, 0) is 6.54 Å². The molecular weight excluding hydrogens is 246 g/mol. The zero-order valence-corrected chi connectivity index (χ0v) is 10.8. The van der Waals surface area contributed by atoms with E-state index < -0.39 is 11.0 Å². The number of hydrogen-bond acceptors (Lipinski definition) is 4. The number of nitrogens with zero attached hydrogens (tertiary/aromatic N) is 3. The summed E-state index contributed by atoms with van der Waals surface area (Å²) < 4.78 is 1.38. The zero-order chi connectivity index (χ0) is 14.0. The van der Waals surface area contributed by atoms with Gasteiger partial charge in [-0.25, -0.2) is 0 Å². The number of rotatable bonds is 4. The fraction of sp³-hybridized carbons (Fsp3) is 0.308. The summed E-state index contributed by atoms with van der Waals surface area (Å²) in [6.45, 7) is 4.11. The van der Waals surface area contributed by atoms with Crippen LogP contribution in [0.4, 0.5) is 5.82 Å². The van der Waals surface area contributed by atoms with Crippen LogP contribution in [0.3, 0.4) is 0 Å². The molecule has 1 atom stereocenters. The van der Waals surface area contributed by atoms with Crippen LogP contribution in [0.5, 0.6) is 0 Å². The number of aliphatic hydroxyl groups is 1. The zero-order valence-electron chi connectivity index (χ0n) is 10.8. The summed E-state index contributed by atoms with van der Waals surface area (Å²) in [7, 11) is 0. The Morgan fingerprint density at radius 3 is 2.53 bits per heavy atom. The van der Waals surface area contributed by atoms with Gasteiger partial charge in [-0.05, 0) is 24.3 Å². The maximum Gasteiger partial charge on any atom is 0.389 e. The monoisotopic (exact) mass is 261 g/mol. The smallest absolute Gasteiger partial charge is 0.386 e. The highest BCUT2D eigenvalue weighted by atomic mass is 16.6. The Labute approximate surface area is 110 Å². The molecule has 1 heterocycles. The van der Waals surface area contributed by atoms with Crippen LogP contribution >= 0.6 is 0 Å². The van der Waals surface area contributed by atoms with Crippen LogP contribution in [0.2, 0.25) is 0 Å². The minimum absolute atomic E-state index is 0.191. The van der Waals surface area contributed by atoms with Crippen molar-refractivity contribution in [1.29, 1.82) is 0 Å².